The first-order valence-corrected chi connectivity index (χ1v) is 9.04. The topological polar surface area (TPSA) is 29.3 Å². The van der Waals surface area contributed by atoms with Crippen molar-refractivity contribution >= 4 is 11.8 Å². The SMILES string of the molecule is CSc1ccc(C(CN)N(C)C2CCCCCC2)cc1. The third-order valence-electron chi connectivity index (χ3n) is 4.62. The van der Waals surface area contributed by atoms with E-state index in [1.807, 2.05) is 0 Å². The van der Waals surface area contributed by atoms with Crippen LogP contribution in [0.5, 0.6) is 0 Å². The van der Waals surface area contributed by atoms with Gasteiger partial charge in [0.25, 0.3) is 0 Å². The zero-order chi connectivity index (χ0) is 14.4. The molecule has 1 fully saturated rings. The Labute approximate surface area is 128 Å². The van der Waals surface area contributed by atoms with E-state index in [-0.39, 0.29) is 0 Å². The monoisotopic (exact) mass is 292 g/mol. The average Bonchev–Trinajstić information content (AvgIpc) is 2.77. The van der Waals surface area contributed by atoms with Crippen LogP contribution in [0.15, 0.2) is 29.2 Å². The van der Waals surface area contributed by atoms with Gasteiger partial charge in [-0.05, 0) is 43.8 Å². The van der Waals surface area contributed by atoms with E-state index in [4.69, 9.17) is 5.73 Å². The Kier molecular flexibility index (Phi) is 6.40. The highest BCUT2D eigenvalue weighted by atomic mass is 32.2. The van der Waals surface area contributed by atoms with Gasteiger partial charge in [0, 0.05) is 23.5 Å². The lowest BCUT2D eigenvalue weighted by Gasteiger charge is -2.34. The lowest BCUT2D eigenvalue weighted by atomic mass is 10.0. The van der Waals surface area contributed by atoms with Crippen molar-refractivity contribution < 1.29 is 0 Å². The Morgan fingerprint density at radius 3 is 2.25 bits per heavy atom. The molecule has 2 nitrogen and oxygen atoms in total. The number of nitrogens with zero attached hydrogens (tertiary/aromatic N) is 1. The Morgan fingerprint density at radius 1 is 1.15 bits per heavy atom. The van der Waals surface area contributed by atoms with E-state index in [0.29, 0.717) is 18.6 Å². The Bertz CT molecular complexity index is 382. The summed E-state index contributed by atoms with van der Waals surface area (Å²) in [5, 5.41) is 0. The molecule has 1 aromatic carbocycles. The smallest absolute Gasteiger partial charge is 0.0470 e. The number of likely N-dealkylation sites (N-methyl/N-ethyl adjacent to an activating group) is 1. The lowest BCUT2D eigenvalue weighted by molar-refractivity contribution is 0.161. The molecular formula is C17H28N2S. The summed E-state index contributed by atoms with van der Waals surface area (Å²) in [6.45, 7) is 0.700. The van der Waals surface area contributed by atoms with E-state index in [9.17, 15) is 0 Å². The summed E-state index contributed by atoms with van der Waals surface area (Å²) >= 11 is 1.79. The summed E-state index contributed by atoms with van der Waals surface area (Å²) in [6, 6.07) is 9.97. The van der Waals surface area contributed by atoms with E-state index in [0.717, 1.165) is 0 Å². The molecule has 0 bridgehead atoms. The first kappa shape index (κ1) is 15.9. The number of rotatable bonds is 5. The molecule has 0 radical (unpaired) electrons. The van der Waals surface area contributed by atoms with Crippen LogP contribution in [0, 0.1) is 0 Å². The summed E-state index contributed by atoms with van der Waals surface area (Å²) < 4.78 is 0. The molecule has 2 N–H and O–H groups in total. The maximum absolute atomic E-state index is 6.08. The van der Waals surface area contributed by atoms with E-state index in [1.54, 1.807) is 11.8 Å². The van der Waals surface area contributed by atoms with Gasteiger partial charge in [0.15, 0.2) is 0 Å². The molecule has 1 saturated carbocycles. The van der Waals surface area contributed by atoms with Crippen LogP contribution in [0.4, 0.5) is 0 Å². The molecule has 0 aliphatic heterocycles. The van der Waals surface area contributed by atoms with Crippen molar-refractivity contribution in [3.8, 4) is 0 Å². The Morgan fingerprint density at radius 2 is 1.75 bits per heavy atom. The molecule has 3 heteroatoms. The normalized spacial score (nSPS) is 19.0. The van der Waals surface area contributed by atoms with Crippen LogP contribution in [-0.4, -0.2) is 30.8 Å². The molecule has 20 heavy (non-hydrogen) atoms. The Hall–Kier alpha value is -0.510. The van der Waals surface area contributed by atoms with Crippen molar-refractivity contribution in [1.82, 2.24) is 4.90 Å². The lowest BCUT2D eigenvalue weighted by Crippen LogP contribution is -2.38. The second-order valence-corrected chi connectivity index (χ2v) is 6.72. The van der Waals surface area contributed by atoms with Crippen molar-refractivity contribution in [2.75, 3.05) is 19.8 Å². The first-order chi connectivity index (χ1) is 9.76. The molecule has 0 spiro atoms. The number of hydrogen-bond acceptors (Lipinski definition) is 3. The van der Waals surface area contributed by atoms with E-state index in [1.165, 1.54) is 49.0 Å². The van der Waals surface area contributed by atoms with Gasteiger partial charge < -0.3 is 5.73 Å². The number of thioether (sulfide) groups is 1. The molecule has 0 aromatic heterocycles. The van der Waals surface area contributed by atoms with Crippen molar-refractivity contribution in [1.29, 1.82) is 0 Å². The largest absolute Gasteiger partial charge is 0.329 e. The number of hydrogen-bond donors (Lipinski definition) is 1. The fourth-order valence-corrected chi connectivity index (χ4v) is 3.69. The van der Waals surface area contributed by atoms with Crippen molar-refractivity contribution in [3.63, 3.8) is 0 Å². The minimum atomic E-state index is 0.356. The fraction of sp³-hybridized carbons (Fsp3) is 0.647. The molecule has 1 aromatic rings. The summed E-state index contributed by atoms with van der Waals surface area (Å²) in [6.07, 6.45) is 10.3. The highest BCUT2D eigenvalue weighted by molar-refractivity contribution is 7.98. The van der Waals surface area contributed by atoms with Crippen LogP contribution in [-0.2, 0) is 0 Å². The van der Waals surface area contributed by atoms with Gasteiger partial charge in [0.05, 0.1) is 0 Å². The predicted molar refractivity (Wildman–Crippen MR) is 89.3 cm³/mol. The van der Waals surface area contributed by atoms with Gasteiger partial charge in [-0.3, -0.25) is 4.90 Å². The van der Waals surface area contributed by atoms with Crippen LogP contribution in [0.2, 0.25) is 0 Å². The second-order valence-electron chi connectivity index (χ2n) is 5.84. The van der Waals surface area contributed by atoms with Crippen molar-refractivity contribution in [3.05, 3.63) is 29.8 Å². The minimum absolute atomic E-state index is 0.356. The fourth-order valence-electron chi connectivity index (χ4n) is 3.28. The minimum Gasteiger partial charge on any atom is -0.329 e. The molecule has 0 amide bonds. The van der Waals surface area contributed by atoms with Gasteiger partial charge in [-0.1, -0.05) is 37.8 Å². The van der Waals surface area contributed by atoms with Gasteiger partial charge in [-0.15, -0.1) is 11.8 Å². The third kappa shape index (κ3) is 4.00. The van der Waals surface area contributed by atoms with Crippen LogP contribution in [0.1, 0.15) is 50.1 Å². The molecule has 0 saturated heterocycles. The Balaban J connectivity index is 2.08. The van der Waals surface area contributed by atoms with Gasteiger partial charge in [-0.2, -0.15) is 0 Å². The second kappa shape index (κ2) is 8.06. The predicted octanol–water partition coefficient (Wildman–Crippen LogP) is 4.06. The van der Waals surface area contributed by atoms with Crippen LogP contribution >= 0.6 is 11.8 Å². The number of benzene rings is 1. The third-order valence-corrected chi connectivity index (χ3v) is 5.36. The van der Waals surface area contributed by atoms with Gasteiger partial charge >= 0.3 is 0 Å². The van der Waals surface area contributed by atoms with Gasteiger partial charge in [-0.25, -0.2) is 0 Å². The first-order valence-electron chi connectivity index (χ1n) is 7.82. The standard InChI is InChI=1S/C17H28N2S/c1-19(15-7-5-3-4-6-8-15)17(13-18)14-9-11-16(20-2)12-10-14/h9-12,15,17H,3-8,13,18H2,1-2H3. The van der Waals surface area contributed by atoms with E-state index < -0.39 is 0 Å². The van der Waals surface area contributed by atoms with Gasteiger partial charge in [0.1, 0.15) is 0 Å². The molecule has 1 atom stereocenters. The van der Waals surface area contributed by atoms with Crippen LogP contribution in [0.3, 0.4) is 0 Å². The molecule has 2 rings (SSSR count). The maximum Gasteiger partial charge on any atom is 0.0470 e. The van der Waals surface area contributed by atoms with Crippen molar-refractivity contribution in [2.45, 2.75) is 55.5 Å². The van der Waals surface area contributed by atoms with Gasteiger partial charge in [0.2, 0.25) is 0 Å². The summed E-state index contributed by atoms with van der Waals surface area (Å²) in [4.78, 5) is 3.85. The summed E-state index contributed by atoms with van der Waals surface area (Å²) in [5.74, 6) is 0. The number of nitrogens with two attached hydrogens (primary N) is 1. The highest BCUT2D eigenvalue weighted by Crippen LogP contribution is 2.28. The molecule has 112 valence electrons. The van der Waals surface area contributed by atoms with E-state index in [2.05, 4.69) is 42.5 Å². The van der Waals surface area contributed by atoms with E-state index >= 15 is 0 Å². The van der Waals surface area contributed by atoms with Crippen molar-refractivity contribution in [2.24, 2.45) is 5.73 Å². The highest BCUT2D eigenvalue weighted by Gasteiger charge is 2.23. The molecule has 1 aliphatic rings. The summed E-state index contributed by atoms with van der Waals surface area (Å²) in [7, 11) is 2.26. The molecular weight excluding hydrogens is 264 g/mol. The average molecular weight is 292 g/mol. The van der Waals surface area contributed by atoms with Crippen LogP contribution in [0.25, 0.3) is 0 Å². The zero-order valence-electron chi connectivity index (χ0n) is 12.8. The maximum atomic E-state index is 6.08. The summed E-state index contributed by atoms with van der Waals surface area (Å²) in [5.41, 5.74) is 7.43. The zero-order valence-corrected chi connectivity index (χ0v) is 13.7. The quantitative estimate of drug-likeness (QED) is 0.655. The molecule has 1 unspecified atom stereocenters. The molecule has 0 heterocycles. The molecule has 1 aliphatic carbocycles. The van der Waals surface area contributed by atoms with Crippen LogP contribution < -0.4 is 5.73 Å².